The molecule has 144 valence electrons. The molecule has 4 rings (SSSR count). The summed E-state index contributed by atoms with van der Waals surface area (Å²) in [5, 5.41) is 3.53. The fourth-order valence-electron chi connectivity index (χ4n) is 4.71. The van der Waals surface area contributed by atoms with Crippen molar-refractivity contribution in [2.75, 3.05) is 72.1 Å². The Morgan fingerprint density at radius 2 is 1.65 bits per heavy atom. The molecule has 0 aliphatic carbocycles. The first-order chi connectivity index (χ1) is 12.8. The first-order valence-corrected chi connectivity index (χ1v) is 10.4. The molecule has 0 spiro atoms. The normalized spacial score (nSPS) is 27.7. The molecule has 0 radical (unpaired) electrons. The number of likely N-dealkylation sites (N-methyl/N-ethyl adjacent to an activating group) is 1. The largest absolute Gasteiger partial charge is 0.492 e. The Morgan fingerprint density at radius 1 is 0.962 bits per heavy atom. The average Bonchev–Trinajstić information content (AvgIpc) is 3.25. The van der Waals surface area contributed by atoms with Gasteiger partial charge in [0.2, 0.25) is 0 Å². The van der Waals surface area contributed by atoms with Crippen LogP contribution < -0.4 is 10.1 Å². The van der Waals surface area contributed by atoms with E-state index in [9.17, 15) is 0 Å². The molecule has 3 aliphatic heterocycles. The first-order valence-electron chi connectivity index (χ1n) is 10.4. The quantitative estimate of drug-likeness (QED) is 0.795. The minimum atomic E-state index is 0.790. The van der Waals surface area contributed by atoms with Gasteiger partial charge in [-0.15, -0.1) is 0 Å². The second-order valence-electron chi connectivity index (χ2n) is 8.10. The zero-order valence-corrected chi connectivity index (χ0v) is 16.2. The number of benzene rings is 1. The fraction of sp³-hybridized carbons (Fsp3) is 0.714. The Morgan fingerprint density at radius 3 is 2.38 bits per heavy atom. The summed E-state index contributed by atoms with van der Waals surface area (Å²) >= 11 is 0. The number of hydrogen-bond donors (Lipinski definition) is 1. The predicted octanol–water partition coefficient (Wildman–Crippen LogP) is 1.35. The van der Waals surface area contributed by atoms with Crippen molar-refractivity contribution in [2.24, 2.45) is 11.8 Å². The van der Waals surface area contributed by atoms with Crippen molar-refractivity contribution in [1.29, 1.82) is 0 Å². The topological polar surface area (TPSA) is 31.0 Å². The highest BCUT2D eigenvalue weighted by molar-refractivity contribution is 5.33. The zero-order valence-electron chi connectivity index (χ0n) is 16.2. The maximum atomic E-state index is 6.20. The number of nitrogens with zero attached hydrogens (tertiary/aromatic N) is 3. The van der Waals surface area contributed by atoms with E-state index in [4.69, 9.17) is 4.74 Å². The van der Waals surface area contributed by atoms with Gasteiger partial charge in [0, 0.05) is 57.9 Å². The highest BCUT2D eigenvalue weighted by Gasteiger charge is 2.36. The highest BCUT2D eigenvalue weighted by Crippen LogP contribution is 2.29. The molecule has 1 aromatic carbocycles. The Labute approximate surface area is 158 Å². The van der Waals surface area contributed by atoms with Gasteiger partial charge >= 0.3 is 0 Å². The Balaban J connectivity index is 1.25. The minimum absolute atomic E-state index is 0.790. The van der Waals surface area contributed by atoms with E-state index in [-0.39, 0.29) is 0 Å². The molecule has 3 saturated heterocycles. The lowest BCUT2D eigenvalue weighted by Crippen LogP contribution is -2.47. The number of rotatable bonds is 7. The van der Waals surface area contributed by atoms with E-state index in [1.807, 2.05) is 0 Å². The van der Waals surface area contributed by atoms with E-state index in [1.165, 1.54) is 64.5 Å². The molecule has 3 fully saturated rings. The molecule has 2 unspecified atom stereocenters. The van der Waals surface area contributed by atoms with E-state index in [0.717, 1.165) is 37.3 Å². The van der Waals surface area contributed by atoms with Gasteiger partial charge in [0.05, 0.1) is 0 Å². The van der Waals surface area contributed by atoms with E-state index >= 15 is 0 Å². The van der Waals surface area contributed by atoms with Crippen LogP contribution in [-0.2, 0) is 6.54 Å². The van der Waals surface area contributed by atoms with Gasteiger partial charge in [-0.1, -0.05) is 25.1 Å². The third-order valence-electron chi connectivity index (χ3n) is 6.41. The molecule has 26 heavy (non-hydrogen) atoms. The molecule has 0 bridgehead atoms. The summed E-state index contributed by atoms with van der Waals surface area (Å²) < 4.78 is 6.20. The Hall–Kier alpha value is -1.14. The van der Waals surface area contributed by atoms with Crippen LogP contribution in [0.15, 0.2) is 24.3 Å². The van der Waals surface area contributed by atoms with Gasteiger partial charge in [0.1, 0.15) is 12.4 Å². The third kappa shape index (κ3) is 4.39. The highest BCUT2D eigenvalue weighted by atomic mass is 16.5. The van der Waals surface area contributed by atoms with Crippen LogP contribution >= 0.6 is 0 Å². The zero-order chi connectivity index (χ0) is 17.8. The number of fused-ring (bicyclic) bond motifs is 1. The average molecular weight is 359 g/mol. The third-order valence-corrected chi connectivity index (χ3v) is 6.41. The van der Waals surface area contributed by atoms with Crippen molar-refractivity contribution in [3.05, 3.63) is 29.8 Å². The molecule has 3 aliphatic rings. The summed E-state index contributed by atoms with van der Waals surface area (Å²) in [4.78, 5) is 7.67. The summed E-state index contributed by atoms with van der Waals surface area (Å²) in [5.74, 6) is 2.78. The number of hydrogen-bond acceptors (Lipinski definition) is 5. The lowest BCUT2D eigenvalue weighted by molar-refractivity contribution is 0.120. The van der Waals surface area contributed by atoms with Crippen molar-refractivity contribution >= 4 is 0 Å². The van der Waals surface area contributed by atoms with Crippen LogP contribution in [-0.4, -0.2) is 86.8 Å². The monoisotopic (exact) mass is 358 g/mol. The molecule has 1 aromatic rings. The van der Waals surface area contributed by atoms with Crippen LogP contribution in [0.2, 0.25) is 0 Å². The van der Waals surface area contributed by atoms with Gasteiger partial charge < -0.3 is 15.0 Å². The van der Waals surface area contributed by atoms with Crippen LogP contribution in [0.1, 0.15) is 12.5 Å². The van der Waals surface area contributed by atoms with Crippen LogP contribution in [0.4, 0.5) is 0 Å². The van der Waals surface area contributed by atoms with Crippen molar-refractivity contribution in [2.45, 2.75) is 13.5 Å². The number of nitrogens with one attached hydrogen (secondary N) is 1. The molecule has 0 aromatic heterocycles. The number of para-hydroxylation sites is 1. The second kappa shape index (κ2) is 8.70. The van der Waals surface area contributed by atoms with Gasteiger partial charge in [0.25, 0.3) is 0 Å². The molecule has 1 N–H and O–H groups in total. The molecule has 5 heteroatoms. The maximum absolute atomic E-state index is 6.20. The first kappa shape index (κ1) is 18.2. The SMILES string of the molecule is CCN1CCN(CCOc2ccccc2CN2CC3CNCC3C2)CC1. The smallest absolute Gasteiger partial charge is 0.123 e. The molecule has 0 amide bonds. The molecule has 5 nitrogen and oxygen atoms in total. The van der Waals surface area contributed by atoms with E-state index in [1.54, 1.807) is 0 Å². The molecule has 0 saturated carbocycles. The Bertz CT molecular complexity index is 561. The molecule has 3 heterocycles. The summed E-state index contributed by atoms with van der Waals surface area (Å²) in [7, 11) is 0. The second-order valence-corrected chi connectivity index (χ2v) is 8.10. The Kier molecular flexibility index (Phi) is 6.10. The van der Waals surface area contributed by atoms with E-state index in [2.05, 4.69) is 51.2 Å². The van der Waals surface area contributed by atoms with Crippen molar-refractivity contribution in [3.8, 4) is 5.75 Å². The number of likely N-dealkylation sites (tertiary alicyclic amines) is 1. The molecular formula is C21H34N4O. The lowest BCUT2D eigenvalue weighted by atomic mass is 10.0. The van der Waals surface area contributed by atoms with Gasteiger partial charge in [-0.05, 0) is 37.5 Å². The fourth-order valence-corrected chi connectivity index (χ4v) is 4.71. The summed E-state index contributed by atoms with van der Waals surface area (Å²) in [6.45, 7) is 15.9. The molecular weight excluding hydrogens is 324 g/mol. The van der Waals surface area contributed by atoms with Gasteiger partial charge in [-0.25, -0.2) is 0 Å². The molecule has 2 atom stereocenters. The van der Waals surface area contributed by atoms with Crippen LogP contribution in [0.5, 0.6) is 5.75 Å². The predicted molar refractivity (Wildman–Crippen MR) is 106 cm³/mol. The van der Waals surface area contributed by atoms with Crippen molar-refractivity contribution < 1.29 is 4.74 Å². The van der Waals surface area contributed by atoms with Crippen LogP contribution in [0.25, 0.3) is 0 Å². The lowest BCUT2D eigenvalue weighted by Gasteiger charge is -2.33. The van der Waals surface area contributed by atoms with Gasteiger partial charge in [0.15, 0.2) is 0 Å². The van der Waals surface area contributed by atoms with Crippen LogP contribution in [0, 0.1) is 11.8 Å². The van der Waals surface area contributed by atoms with Crippen molar-refractivity contribution in [3.63, 3.8) is 0 Å². The summed E-state index contributed by atoms with van der Waals surface area (Å²) in [6, 6.07) is 8.62. The van der Waals surface area contributed by atoms with Gasteiger partial charge in [-0.3, -0.25) is 9.80 Å². The maximum Gasteiger partial charge on any atom is 0.123 e. The standard InChI is InChI=1S/C21H34N4O/c1-2-23-7-9-24(10-8-23)11-12-26-21-6-4-3-5-18(21)15-25-16-19-13-22-14-20(19)17-25/h3-6,19-20,22H,2,7-17H2,1H3. The van der Waals surface area contributed by atoms with Gasteiger partial charge in [-0.2, -0.15) is 0 Å². The minimum Gasteiger partial charge on any atom is -0.492 e. The summed E-state index contributed by atoms with van der Waals surface area (Å²) in [5.41, 5.74) is 1.34. The number of piperazine rings is 1. The summed E-state index contributed by atoms with van der Waals surface area (Å²) in [6.07, 6.45) is 0. The number of ether oxygens (including phenoxy) is 1. The van der Waals surface area contributed by atoms with Crippen molar-refractivity contribution in [1.82, 2.24) is 20.0 Å². The van der Waals surface area contributed by atoms with Crippen LogP contribution in [0.3, 0.4) is 0 Å². The van der Waals surface area contributed by atoms with E-state index < -0.39 is 0 Å². The van der Waals surface area contributed by atoms with E-state index in [0.29, 0.717) is 0 Å².